The highest BCUT2D eigenvalue weighted by Gasteiger charge is 2.32. The second-order valence-corrected chi connectivity index (χ2v) is 12.4. The summed E-state index contributed by atoms with van der Waals surface area (Å²) in [6.07, 6.45) is 4.83. The van der Waals surface area contributed by atoms with Gasteiger partial charge in [-0.25, -0.2) is 4.79 Å². The molecule has 1 aromatic heterocycles. The van der Waals surface area contributed by atoms with Gasteiger partial charge in [-0.2, -0.15) is 5.10 Å². The lowest BCUT2D eigenvalue weighted by Gasteiger charge is -2.39. The smallest absolute Gasteiger partial charge is 0.407 e. The van der Waals surface area contributed by atoms with Gasteiger partial charge in [0.15, 0.2) is 0 Å². The van der Waals surface area contributed by atoms with Gasteiger partial charge >= 0.3 is 6.09 Å². The summed E-state index contributed by atoms with van der Waals surface area (Å²) in [5.41, 5.74) is 2.47. The number of aryl methyl sites for hydroxylation is 1. The van der Waals surface area contributed by atoms with Crippen molar-refractivity contribution in [3.05, 3.63) is 23.9 Å². The SMILES string of the molecule is Cn1nc(C2CCC(=O)NC2=O)c2ccc(N3CCN(CC4CCC(NC(=O)OC(C)(C)C)CC4)CC3)cc21. The standard InChI is InChI=1S/C29H42N6O4/c1-29(2,3)39-28(38)30-20-7-5-19(6-8-20)18-34-13-15-35(16-14-34)21-9-10-22-24(17-21)33(4)32-26(22)23-11-12-25(36)31-27(23)37/h9-10,17,19-20,23H,5-8,11-16,18H2,1-4H3,(H,30,38)(H,31,36,37). The summed E-state index contributed by atoms with van der Waals surface area (Å²) < 4.78 is 7.26. The predicted octanol–water partition coefficient (Wildman–Crippen LogP) is 3.30. The molecule has 10 nitrogen and oxygen atoms in total. The number of benzene rings is 1. The van der Waals surface area contributed by atoms with Gasteiger partial charge < -0.3 is 15.0 Å². The molecule has 0 spiro atoms. The largest absolute Gasteiger partial charge is 0.444 e. The zero-order valence-corrected chi connectivity index (χ0v) is 23.7. The summed E-state index contributed by atoms with van der Waals surface area (Å²) in [6.45, 7) is 10.8. The fourth-order valence-electron chi connectivity index (χ4n) is 6.20. The van der Waals surface area contributed by atoms with E-state index < -0.39 is 5.60 Å². The Morgan fingerprint density at radius 2 is 1.79 bits per heavy atom. The van der Waals surface area contributed by atoms with Crippen LogP contribution in [0, 0.1) is 5.92 Å². The highest BCUT2D eigenvalue weighted by atomic mass is 16.6. The van der Waals surface area contributed by atoms with Crippen molar-refractivity contribution < 1.29 is 19.1 Å². The first-order chi connectivity index (χ1) is 18.6. The van der Waals surface area contributed by atoms with Crippen LogP contribution in [0.2, 0.25) is 0 Å². The molecule has 1 aliphatic carbocycles. The van der Waals surface area contributed by atoms with Gasteiger partial charge in [0.05, 0.1) is 17.1 Å². The number of piperazine rings is 1. The maximum absolute atomic E-state index is 12.4. The zero-order chi connectivity index (χ0) is 27.7. The molecule has 3 fully saturated rings. The van der Waals surface area contributed by atoms with Crippen molar-refractivity contribution >= 4 is 34.5 Å². The predicted molar refractivity (Wildman–Crippen MR) is 150 cm³/mol. The van der Waals surface area contributed by atoms with Crippen molar-refractivity contribution in [2.24, 2.45) is 13.0 Å². The number of carbonyl (C=O) groups is 3. The normalized spacial score (nSPS) is 25.0. The van der Waals surface area contributed by atoms with E-state index in [0.717, 1.165) is 75.0 Å². The highest BCUT2D eigenvalue weighted by molar-refractivity contribution is 6.02. The zero-order valence-electron chi connectivity index (χ0n) is 23.7. The van der Waals surface area contributed by atoms with Crippen LogP contribution in [0.25, 0.3) is 10.9 Å². The minimum Gasteiger partial charge on any atom is -0.444 e. The number of rotatable bonds is 5. The Bertz CT molecular complexity index is 1220. The van der Waals surface area contributed by atoms with E-state index in [1.165, 1.54) is 5.69 Å². The lowest BCUT2D eigenvalue weighted by atomic mass is 9.85. The molecule has 2 aromatic rings. The molecule has 1 unspecified atom stereocenters. The second-order valence-electron chi connectivity index (χ2n) is 12.4. The number of ether oxygens (including phenoxy) is 1. The molecule has 3 heterocycles. The Kier molecular flexibility index (Phi) is 7.84. The summed E-state index contributed by atoms with van der Waals surface area (Å²) in [7, 11) is 1.91. The summed E-state index contributed by atoms with van der Waals surface area (Å²) >= 11 is 0. The number of piperidine rings is 1. The Morgan fingerprint density at radius 1 is 1.08 bits per heavy atom. The average Bonchev–Trinajstić information content (AvgIpc) is 3.20. The van der Waals surface area contributed by atoms with Crippen LogP contribution in [0.3, 0.4) is 0 Å². The maximum Gasteiger partial charge on any atom is 0.407 e. The van der Waals surface area contributed by atoms with Crippen LogP contribution in [0.1, 0.15) is 70.9 Å². The molecule has 2 aliphatic heterocycles. The number of fused-ring (bicyclic) bond motifs is 1. The topological polar surface area (TPSA) is 109 Å². The van der Waals surface area contributed by atoms with Gasteiger partial charge in [-0.3, -0.25) is 24.5 Å². The number of alkyl carbamates (subject to hydrolysis) is 1. The summed E-state index contributed by atoms with van der Waals surface area (Å²) in [4.78, 5) is 41.1. The van der Waals surface area contributed by atoms with Gasteiger partial charge in [0.1, 0.15) is 5.60 Å². The first-order valence-electron chi connectivity index (χ1n) is 14.3. The first kappa shape index (κ1) is 27.4. The van der Waals surface area contributed by atoms with Crippen LogP contribution in [-0.4, -0.2) is 77.0 Å². The Hall–Kier alpha value is -3.14. The van der Waals surface area contributed by atoms with E-state index >= 15 is 0 Å². The molecule has 1 saturated carbocycles. The minimum absolute atomic E-state index is 0.208. The fraction of sp³-hybridized carbons (Fsp3) is 0.655. The van der Waals surface area contributed by atoms with Crippen molar-refractivity contribution in [2.75, 3.05) is 37.6 Å². The van der Waals surface area contributed by atoms with Gasteiger partial charge in [-0.15, -0.1) is 0 Å². The number of hydrogen-bond donors (Lipinski definition) is 2. The van der Waals surface area contributed by atoms with Crippen molar-refractivity contribution in [3.8, 4) is 0 Å². The van der Waals surface area contributed by atoms with E-state index in [2.05, 4.69) is 43.7 Å². The quantitative estimate of drug-likeness (QED) is 0.563. The Balaban J connectivity index is 1.12. The molecule has 3 amide bonds. The third-order valence-electron chi connectivity index (χ3n) is 8.25. The molecule has 1 aromatic carbocycles. The molecule has 1 atom stereocenters. The first-order valence-corrected chi connectivity index (χ1v) is 14.3. The van der Waals surface area contributed by atoms with Crippen LogP contribution in [0.4, 0.5) is 10.5 Å². The second kappa shape index (κ2) is 11.2. The van der Waals surface area contributed by atoms with Crippen LogP contribution in [0.15, 0.2) is 18.2 Å². The fourth-order valence-corrected chi connectivity index (χ4v) is 6.20. The number of nitrogens with one attached hydrogen (secondary N) is 2. The van der Waals surface area contributed by atoms with Gasteiger partial charge in [0.2, 0.25) is 11.8 Å². The Labute approximate surface area is 230 Å². The number of carbonyl (C=O) groups excluding carboxylic acids is 3. The summed E-state index contributed by atoms with van der Waals surface area (Å²) in [5.74, 6) is -0.172. The lowest BCUT2D eigenvalue weighted by molar-refractivity contribution is -0.134. The molecule has 212 valence electrons. The van der Waals surface area contributed by atoms with Crippen LogP contribution in [0.5, 0.6) is 0 Å². The van der Waals surface area contributed by atoms with Crippen molar-refractivity contribution in [1.29, 1.82) is 0 Å². The molecular formula is C29H42N6O4. The van der Waals surface area contributed by atoms with Crippen LogP contribution >= 0.6 is 0 Å². The average molecular weight is 539 g/mol. The van der Waals surface area contributed by atoms with Crippen LogP contribution in [-0.2, 0) is 21.4 Å². The van der Waals surface area contributed by atoms with Gasteiger partial charge in [0.25, 0.3) is 0 Å². The molecule has 3 aliphatic rings. The summed E-state index contributed by atoms with van der Waals surface area (Å²) in [5, 5.41) is 11.2. The van der Waals surface area contributed by atoms with Crippen molar-refractivity contribution in [1.82, 2.24) is 25.3 Å². The van der Waals surface area contributed by atoms with Gasteiger partial charge in [-0.05, 0) is 77.0 Å². The van der Waals surface area contributed by atoms with E-state index in [4.69, 9.17) is 4.74 Å². The number of imide groups is 1. The van der Waals surface area contributed by atoms with Gasteiger partial charge in [0, 0.05) is 63.3 Å². The molecule has 0 radical (unpaired) electrons. The summed E-state index contributed by atoms with van der Waals surface area (Å²) in [6, 6.07) is 6.60. The lowest BCUT2D eigenvalue weighted by Crippen LogP contribution is -2.48. The number of anilines is 1. The van der Waals surface area contributed by atoms with Gasteiger partial charge in [-0.1, -0.05) is 0 Å². The van der Waals surface area contributed by atoms with E-state index in [9.17, 15) is 14.4 Å². The van der Waals surface area contributed by atoms with Crippen molar-refractivity contribution in [2.45, 2.75) is 76.9 Å². The molecular weight excluding hydrogens is 496 g/mol. The third kappa shape index (κ3) is 6.54. The molecule has 39 heavy (non-hydrogen) atoms. The Morgan fingerprint density at radius 3 is 2.46 bits per heavy atom. The van der Waals surface area contributed by atoms with E-state index in [-0.39, 0.29) is 29.9 Å². The van der Waals surface area contributed by atoms with E-state index in [1.807, 2.05) is 32.5 Å². The number of aromatic nitrogens is 2. The van der Waals surface area contributed by atoms with E-state index in [0.29, 0.717) is 18.8 Å². The number of amides is 3. The molecule has 2 N–H and O–H groups in total. The third-order valence-corrected chi connectivity index (χ3v) is 8.25. The minimum atomic E-state index is -0.467. The molecule has 0 bridgehead atoms. The highest BCUT2D eigenvalue weighted by Crippen LogP contribution is 2.33. The van der Waals surface area contributed by atoms with Crippen molar-refractivity contribution in [3.63, 3.8) is 0 Å². The molecule has 10 heteroatoms. The van der Waals surface area contributed by atoms with Crippen LogP contribution < -0.4 is 15.5 Å². The molecule has 5 rings (SSSR count). The number of nitrogens with zero attached hydrogens (tertiary/aromatic N) is 4. The number of hydrogen-bond acceptors (Lipinski definition) is 7. The molecule has 2 saturated heterocycles. The van der Waals surface area contributed by atoms with E-state index in [1.54, 1.807) is 0 Å². The maximum atomic E-state index is 12.4. The monoisotopic (exact) mass is 538 g/mol.